The van der Waals surface area contributed by atoms with Gasteiger partial charge in [0.15, 0.2) is 0 Å². The molecule has 162 valence electrons. The Morgan fingerprint density at radius 3 is 2.87 bits per heavy atom. The standard InChI is InChI=1S/C22H29N5O2.H2S/c28-20(16-26-11-7-17-4-1-2-5-18(17)14-26)12-25-22(29)27-10-3-6-19(15-27)21-13-23-8-9-24-21;/h1-2,4-5,8-9,13,19-20,28H,3,6-7,10-12,14-16H2,(H,25,29);1H2/t19?,20-;/m0./s1. The van der Waals surface area contributed by atoms with Crippen molar-refractivity contribution in [3.63, 3.8) is 0 Å². The maximum Gasteiger partial charge on any atom is 0.317 e. The minimum atomic E-state index is -0.579. The van der Waals surface area contributed by atoms with Crippen molar-refractivity contribution < 1.29 is 9.90 Å². The van der Waals surface area contributed by atoms with Gasteiger partial charge in [0.2, 0.25) is 0 Å². The van der Waals surface area contributed by atoms with Gasteiger partial charge in [0, 0.05) is 63.8 Å². The maximum absolute atomic E-state index is 12.6. The molecule has 0 radical (unpaired) electrons. The number of carbonyl (C=O) groups excluding carboxylic acids is 1. The van der Waals surface area contributed by atoms with Gasteiger partial charge >= 0.3 is 6.03 Å². The van der Waals surface area contributed by atoms with Crippen LogP contribution in [0.3, 0.4) is 0 Å². The van der Waals surface area contributed by atoms with Gasteiger partial charge < -0.3 is 15.3 Å². The van der Waals surface area contributed by atoms with Crippen molar-refractivity contribution in [1.29, 1.82) is 0 Å². The van der Waals surface area contributed by atoms with Crippen LogP contribution in [0.5, 0.6) is 0 Å². The van der Waals surface area contributed by atoms with Crippen LogP contribution in [0.1, 0.15) is 35.6 Å². The lowest BCUT2D eigenvalue weighted by Gasteiger charge is -2.33. The second kappa shape index (κ2) is 10.7. The van der Waals surface area contributed by atoms with Crippen LogP contribution in [0.15, 0.2) is 42.9 Å². The van der Waals surface area contributed by atoms with Gasteiger partial charge in [0.1, 0.15) is 0 Å². The fourth-order valence-electron chi connectivity index (χ4n) is 4.31. The third-order valence-electron chi connectivity index (χ3n) is 5.88. The number of fused-ring (bicyclic) bond motifs is 1. The Bertz CT molecular complexity index is 822. The summed E-state index contributed by atoms with van der Waals surface area (Å²) < 4.78 is 0. The third kappa shape index (κ3) is 5.71. The van der Waals surface area contributed by atoms with E-state index in [9.17, 15) is 9.90 Å². The molecule has 30 heavy (non-hydrogen) atoms. The van der Waals surface area contributed by atoms with Crippen LogP contribution < -0.4 is 5.32 Å². The van der Waals surface area contributed by atoms with Crippen molar-refractivity contribution in [2.24, 2.45) is 0 Å². The first-order chi connectivity index (χ1) is 14.2. The third-order valence-corrected chi connectivity index (χ3v) is 5.88. The van der Waals surface area contributed by atoms with Crippen molar-refractivity contribution in [2.75, 3.05) is 32.7 Å². The summed E-state index contributed by atoms with van der Waals surface area (Å²) in [6.45, 7) is 4.01. The molecule has 2 N–H and O–H groups in total. The van der Waals surface area contributed by atoms with E-state index < -0.39 is 6.10 Å². The first-order valence-corrected chi connectivity index (χ1v) is 10.4. The normalized spacial score (nSPS) is 20.0. The van der Waals surface area contributed by atoms with E-state index in [2.05, 4.69) is 44.5 Å². The van der Waals surface area contributed by atoms with E-state index in [-0.39, 0.29) is 32.0 Å². The summed E-state index contributed by atoms with van der Waals surface area (Å²) in [5.41, 5.74) is 3.67. The number of aliphatic hydroxyl groups excluding tert-OH is 1. The van der Waals surface area contributed by atoms with Crippen molar-refractivity contribution in [2.45, 2.75) is 37.8 Å². The van der Waals surface area contributed by atoms with E-state index >= 15 is 0 Å². The van der Waals surface area contributed by atoms with Gasteiger partial charge in [0.25, 0.3) is 0 Å². The summed E-state index contributed by atoms with van der Waals surface area (Å²) in [6, 6.07) is 8.36. The van der Waals surface area contributed by atoms with E-state index in [1.165, 1.54) is 11.1 Å². The Labute approximate surface area is 185 Å². The molecule has 1 fully saturated rings. The number of rotatable bonds is 5. The Balaban J connectivity index is 0.00000256. The Kier molecular flexibility index (Phi) is 8.07. The highest BCUT2D eigenvalue weighted by atomic mass is 32.1. The molecule has 2 atom stereocenters. The summed E-state index contributed by atoms with van der Waals surface area (Å²) >= 11 is 0. The second-order valence-electron chi connectivity index (χ2n) is 8.01. The molecule has 2 aliphatic heterocycles. The predicted octanol–water partition coefficient (Wildman–Crippen LogP) is 1.90. The van der Waals surface area contributed by atoms with Gasteiger partial charge in [-0.15, -0.1) is 0 Å². The monoisotopic (exact) mass is 429 g/mol. The number of benzene rings is 1. The minimum absolute atomic E-state index is 0. The van der Waals surface area contributed by atoms with E-state index in [1.807, 2.05) is 4.90 Å². The van der Waals surface area contributed by atoms with E-state index in [4.69, 9.17) is 0 Å². The zero-order chi connectivity index (χ0) is 20.1. The summed E-state index contributed by atoms with van der Waals surface area (Å²) in [4.78, 5) is 25.2. The smallest absolute Gasteiger partial charge is 0.317 e. The van der Waals surface area contributed by atoms with Gasteiger partial charge in [-0.1, -0.05) is 24.3 Å². The van der Waals surface area contributed by atoms with Crippen LogP contribution in [-0.2, 0) is 13.0 Å². The SMILES string of the molecule is O=C(NC[C@H](O)CN1CCc2ccccc2C1)N1CCCC(c2cnccn2)C1.S. The minimum Gasteiger partial charge on any atom is -0.390 e. The molecule has 1 aromatic heterocycles. The number of likely N-dealkylation sites (tertiary alicyclic amines) is 1. The number of aromatic nitrogens is 2. The van der Waals surface area contributed by atoms with Crippen LogP contribution in [0.4, 0.5) is 4.79 Å². The summed E-state index contributed by atoms with van der Waals surface area (Å²) in [6.07, 6.45) is 7.54. The fourth-order valence-corrected chi connectivity index (χ4v) is 4.31. The topological polar surface area (TPSA) is 81.6 Å². The van der Waals surface area contributed by atoms with Crippen LogP contribution in [-0.4, -0.2) is 69.7 Å². The molecule has 2 aromatic rings. The summed E-state index contributed by atoms with van der Waals surface area (Å²) in [5, 5.41) is 13.3. The van der Waals surface area contributed by atoms with Crippen molar-refractivity contribution in [3.05, 3.63) is 59.7 Å². The lowest BCUT2D eigenvalue weighted by atomic mass is 9.95. The molecular weight excluding hydrogens is 398 g/mol. The largest absolute Gasteiger partial charge is 0.390 e. The molecule has 0 saturated carbocycles. The Hall–Kier alpha value is -2.16. The molecule has 0 bridgehead atoms. The van der Waals surface area contributed by atoms with Crippen LogP contribution >= 0.6 is 13.5 Å². The van der Waals surface area contributed by atoms with Crippen LogP contribution in [0.25, 0.3) is 0 Å². The fraction of sp³-hybridized carbons (Fsp3) is 0.500. The van der Waals surface area contributed by atoms with E-state index in [1.54, 1.807) is 18.6 Å². The summed E-state index contributed by atoms with van der Waals surface area (Å²) in [5.74, 6) is 0.224. The first kappa shape index (κ1) is 22.5. The maximum atomic E-state index is 12.6. The quantitative estimate of drug-likeness (QED) is 0.759. The molecular formula is C22H31N5O2S. The molecule has 0 aliphatic carbocycles. The molecule has 2 amide bonds. The highest BCUT2D eigenvalue weighted by Gasteiger charge is 2.26. The lowest BCUT2D eigenvalue weighted by molar-refractivity contribution is 0.102. The van der Waals surface area contributed by atoms with Crippen molar-refractivity contribution >= 4 is 19.5 Å². The number of nitrogens with one attached hydrogen (secondary N) is 1. The number of β-amino-alcohol motifs (C(OH)–C–C–N with tert-alkyl or cyclic N) is 1. The number of aliphatic hydroxyl groups is 1. The van der Waals surface area contributed by atoms with Crippen LogP contribution in [0, 0.1) is 0 Å². The number of piperidine rings is 1. The number of nitrogens with zero attached hydrogens (tertiary/aromatic N) is 4. The number of urea groups is 1. The first-order valence-electron chi connectivity index (χ1n) is 10.4. The van der Waals surface area contributed by atoms with Gasteiger partial charge in [-0.05, 0) is 30.4 Å². The molecule has 1 unspecified atom stereocenters. The summed E-state index contributed by atoms with van der Waals surface area (Å²) in [7, 11) is 0. The molecule has 8 heteroatoms. The van der Waals surface area contributed by atoms with E-state index in [0.717, 1.165) is 44.6 Å². The Morgan fingerprint density at radius 1 is 1.23 bits per heavy atom. The molecule has 1 saturated heterocycles. The average Bonchev–Trinajstić information content (AvgIpc) is 2.78. The second-order valence-corrected chi connectivity index (χ2v) is 8.01. The molecule has 0 spiro atoms. The number of carbonyl (C=O) groups is 1. The lowest BCUT2D eigenvalue weighted by Crippen LogP contribution is -2.48. The van der Waals surface area contributed by atoms with Gasteiger partial charge in [-0.3, -0.25) is 14.9 Å². The van der Waals surface area contributed by atoms with Gasteiger partial charge in [0.05, 0.1) is 11.8 Å². The molecule has 2 aliphatic rings. The number of hydrogen-bond acceptors (Lipinski definition) is 5. The van der Waals surface area contributed by atoms with Gasteiger partial charge in [-0.2, -0.15) is 13.5 Å². The zero-order valence-electron chi connectivity index (χ0n) is 17.2. The highest BCUT2D eigenvalue weighted by Crippen LogP contribution is 2.24. The van der Waals surface area contributed by atoms with Crippen molar-refractivity contribution in [1.82, 2.24) is 25.1 Å². The number of hydrogen-bond donors (Lipinski definition) is 2. The molecule has 4 rings (SSSR count). The molecule has 7 nitrogen and oxygen atoms in total. The van der Waals surface area contributed by atoms with E-state index in [0.29, 0.717) is 13.1 Å². The zero-order valence-corrected chi connectivity index (χ0v) is 18.2. The highest BCUT2D eigenvalue weighted by molar-refractivity contribution is 7.59. The van der Waals surface area contributed by atoms with Gasteiger partial charge in [-0.25, -0.2) is 4.79 Å². The molecule has 3 heterocycles. The predicted molar refractivity (Wildman–Crippen MR) is 121 cm³/mol. The molecule has 1 aromatic carbocycles. The van der Waals surface area contributed by atoms with Crippen molar-refractivity contribution in [3.8, 4) is 0 Å². The Morgan fingerprint density at radius 2 is 2.07 bits per heavy atom. The van der Waals surface area contributed by atoms with Crippen LogP contribution in [0.2, 0.25) is 0 Å². The average molecular weight is 430 g/mol. The number of amides is 2.